The SMILES string of the molecule is CC(N)CC(=O)NC(C)c1ncc[nH]1. The minimum atomic E-state index is -0.112. The first kappa shape index (κ1) is 10.7. The van der Waals surface area contributed by atoms with Gasteiger partial charge in [0.1, 0.15) is 5.82 Å². The Morgan fingerprint density at radius 3 is 2.93 bits per heavy atom. The van der Waals surface area contributed by atoms with E-state index < -0.39 is 0 Å². The number of aromatic amines is 1. The lowest BCUT2D eigenvalue weighted by molar-refractivity contribution is -0.122. The molecule has 2 unspecified atom stereocenters. The van der Waals surface area contributed by atoms with E-state index in [1.54, 1.807) is 19.3 Å². The van der Waals surface area contributed by atoms with Gasteiger partial charge in [0, 0.05) is 24.9 Å². The minimum Gasteiger partial charge on any atom is -0.347 e. The quantitative estimate of drug-likeness (QED) is 0.648. The van der Waals surface area contributed by atoms with Crippen LogP contribution in [0.25, 0.3) is 0 Å². The highest BCUT2D eigenvalue weighted by atomic mass is 16.1. The molecule has 0 saturated carbocycles. The maximum atomic E-state index is 11.3. The zero-order valence-corrected chi connectivity index (χ0v) is 8.45. The van der Waals surface area contributed by atoms with Gasteiger partial charge in [-0.05, 0) is 13.8 Å². The lowest BCUT2D eigenvalue weighted by Gasteiger charge is -2.12. The molecular formula is C9H16N4O. The smallest absolute Gasteiger partial charge is 0.222 e. The highest BCUT2D eigenvalue weighted by molar-refractivity contribution is 5.76. The van der Waals surface area contributed by atoms with Crippen LogP contribution in [0.1, 0.15) is 32.1 Å². The van der Waals surface area contributed by atoms with E-state index in [2.05, 4.69) is 15.3 Å². The summed E-state index contributed by atoms with van der Waals surface area (Å²) in [5.74, 6) is 0.701. The summed E-state index contributed by atoms with van der Waals surface area (Å²) in [7, 11) is 0. The summed E-state index contributed by atoms with van der Waals surface area (Å²) in [4.78, 5) is 18.3. The zero-order chi connectivity index (χ0) is 10.6. The Kier molecular flexibility index (Phi) is 3.64. The summed E-state index contributed by atoms with van der Waals surface area (Å²) in [5.41, 5.74) is 5.50. The second-order valence-corrected chi connectivity index (χ2v) is 3.45. The topological polar surface area (TPSA) is 83.8 Å². The molecule has 78 valence electrons. The first-order valence-electron chi connectivity index (χ1n) is 4.64. The first-order valence-corrected chi connectivity index (χ1v) is 4.64. The molecule has 5 heteroatoms. The highest BCUT2D eigenvalue weighted by Crippen LogP contribution is 2.05. The maximum Gasteiger partial charge on any atom is 0.222 e. The number of nitrogens with zero attached hydrogens (tertiary/aromatic N) is 1. The van der Waals surface area contributed by atoms with Gasteiger partial charge in [-0.1, -0.05) is 0 Å². The molecule has 1 aromatic rings. The van der Waals surface area contributed by atoms with Crippen molar-refractivity contribution in [1.82, 2.24) is 15.3 Å². The van der Waals surface area contributed by atoms with Crippen molar-refractivity contribution in [2.24, 2.45) is 5.73 Å². The molecule has 2 atom stereocenters. The van der Waals surface area contributed by atoms with Crippen LogP contribution >= 0.6 is 0 Å². The van der Waals surface area contributed by atoms with E-state index in [4.69, 9.17) is 5.73 Å². The van der Waals surface area contributed by atoms with Crippen LogP contribution in [0.15, 0.2) is 12.4 Å². The fourth-order valence-corrected chi connectivity index (χ4v) is 1.18. The predicted molar refractivity (Wildman–Crippen MR) is 53.4 cm³/mol. The number of imidazole rings is 1. The van der Waals surface area contributed by atoms with Gasteiger partial charge in [0.2, 0.25) is 5.91 Å². The van der Waals surface area contributed by atoms with Crippen molar-refractivity contribution in [3.63, 3.8) is 0 Å². The largest absolute Gasteiger partial charge is 0.347 e. The lowest BCUT2D eigenvalue weighted by Crippen LogP contribution is -2.32. The second kappa shape index (κ2) is 4.76. The Morgan fingerprint density at radius 2 is 2.43 bits per heavy atom. The van der Waals surface area contributed by atoms with Crippen molar-refractivity contribution in [3.05, 3.63) is 18.2 Å². The Bertz CT molecular complexity index is 281. The fraction of sp³-hybridized carbons (Fsp3) is 0.556. The van der Waals surface area contributed by atoms with Gasteiger partial charge >= 0.3 is 0 Å². The maximum absolute atomic E-state index is 11.3. The van der Waals surface area contributed by atoms with Crippen LogP contribution in [0.4, 0.5) is 0 Å². The third kappa shape index (κ3) is 3.18. The van der Waals surface area contributed by atoms with Gasteiger partial charge in [-0.25, -0.2) is 4.98 Å². The number of aromatic nitrogens is 2. The van der Waals surface area contributed by atoms with Crippen molar-refractivity contribution in [2.75, 3.05) is 0 Å². The molecule has 1 heterocycles. The van der Waals surface area contributed by atoms with E-state index in [1.165, 1.54) is 0 Å². The van der Waals surface area contributed by atoms with Crippen LogP contribution in [0.3, 0.4) is 0 Å². The number of carbonyl (C=O) groups excluding carboxylic acids is 1. The lowest BCUT2D eigenvalue weighted by atomic mass is 10.2. The number of rotatable bonds is 4. The van der Waals surface area contributed by atoms with Crippen LogP contribution in [0, 0.1) is 0 Å². The standard InChI is InChI=1S/C9H16N4O/c1-6(10)5-8(14)13-7(2)9-11-3-4-12-9/h3-4,6-7H,5,10H2,1-2H3,(H,11,12)(H,13,14). The first-order chi connectivity index (χ1) is 6.59. The van der Waals surface area contributed by atoms with Gasteiger partial charge < -0.3 is 16.0 Å². The Morgan fingerprint density at radius 1 is 1.71 bits per heavy atom. The third-order valence-electron chi connectivity index (χ3n) is 1.81. The summed E-state index contributed by atoms with van der Waals surface area (Å²) in [5, 5.41) is 2.80. The van der Waals surface area contributed by atoms with Crippen LogP contribution in [-0.2, 0) is 4.79 Å². The van der Waals surface area contributed by atoms with Crippen LogP contribution in [0.5, 0.6) is 0 Å². The summed E-state index contributed by atoms with van der Waals surface area (Å²) < 4.78 is 0. The molecule has 4 N–H and O–H groups in total. The number of nitrogens with two attached hydrogens (primary N) is 1. The number of carbonyl (C=O) groups is 1. The zero-order valence-electron chi connectivity index (χ0n) is 8.45. The van der Waals surface area contributed by atoms with Crippen LogP contribution in [-0.4, -0.2) is 21.9 Å². The van der Waals surface area contributed by atoms with Crippen molar-refractivity contribution in [2.45, 2.75) is 32.4 Å². The average molecular weight is 196 g/mol. The molecule has 1 amide bonds. The fourth-order valence-electron chi connectivity index (χ4n) is 1.18. The molecule has 14 heavy (non-hydrogen) atoms. The van der Waals surface area contributed by atoms with E-state index >= 15 is 0 Å². The number of hydrogen-bond acceptors (Lipinski definition) is 3. The van der Waals surface area contributed by atoms with Gasteiger partial charge in [-0.2, -0.15) is 0 Å². The van der Waals surface area contributed by atoms with E-state index in [0.717, 1.165) is 5.82 Å². The van der Waals surface area contributed by atoms with Gasteiger partial charge in [0.05, 0.1) is 6.04 Å². The number of nitrogens with one attached hydrogen (secondary N) is 2. The number of amides is 1. The number of hydrogen-bond donors (Lipinski definition) is 3. The van der Waals surface area contributed by atoms with E-state index in [9.17, 15) is 4.79 Å². The molecule has 0 aliphatic rings. The molecule has 1 aromatic heterocycles. The highest BCUT2D eigenvalue weighted by Gasteiger charge is 2.11. The minimum absolute atomic E-state index is 0.0519. The second-order valence-electron chi connectivity index (χ2n) is 3.45. The molecule has 5 nitrogen and oxygen atoms in total. The predicted octanol–water partition coefficient (Wildman–Crippen LogP) is 0.324. The molecule has 0 fully saturated rings. The van der Waals surface area contributed by atoms with E-state index in [1.807, 2.05) is 6.92 Å². The van der Waals surface area contributed by atoms with Crippen molar-refractivity contribution in [3.8, 4) is 0 Å². The average Bonchev–Trinajstić information content (AvgIpc) is 2.53. The molecule has 0 saturated heterocycles. The molecule has 0 spiro atoms. The van der Waals surface area contributed by atoms with Crippen LogP contribution in [0.2, 0.25) is 0 Å². The van der Waals surface area contributed by atoms with Crippen molar-refractivity contribution < 1.29 is 4.79 Å². The Hall–Kier alpha value is -1.36. The molecule has 0 aliphatic heterocycles. The number of H-pyrrole nitrogens is 1. The Balaban J connectivity index is 2.41. The van der Waals surface area contributed by atoms with Crippen molar-refractivity contribution in [1.29, 1.82) is 0 Å². The van der Waals surface area contributed by atoms with Crippen molar-refractivity contribution >= 4 is 5.91 Å². The Labute approximate surface area is 83.1 Å². The molecule has 0 bridgehead atoms. The normalized spacial score (nSPS) is 14.8. The van der Waals surface area contributed by atoms with Gasteiger partial charge in [-0.3, -0.25) is 4.79 Å². The molecule has 0 aromatic carbocycles. The molecular weight excluding hydrogens is 180 g/mol. The summed E-state index contributed by atoms with van der Waals surface area (Å²) in [6.07, 6.45) is 3.72. The van der Waals surface area contributed by atoms with E-state index in [0.29, 0.717) is 6.42 Å². The van der Waals surface area contributed by atoms with E-state index in [-0.39, 0.29) is 18.0 Å². The summed E-state index contributed by atoms with van der Waals surface area (Å²) in [6, 6.07) is -0.213. The third-order valence-corrected chi connectivity index (χ3v) is 1.81. The summed E-state index contributed by atoms with van der Waals surface area (Å²) >= 11 is 0. The van der Waals surface area contributed by atoms with Crippen LogP contribution < -0.4 is 11.1 Å². The summed E-state index contributed by atoms with van der Waals surface area (Å²) in [6.45, 7) is 3.68. The molecule has 0 radical (unpaired) electrons. The van der Waals surface area contributed by atoms with Gasteiger partial charge in [0.25, 0.3) is 0 Å². The molecule has 0 aliphatic carbocycles. The van der Waals surface area contributed by atoms with Gasteiger partial charge in [-0.15, -0.1) is 0 Å². The molecule has 1 rings (SSSR count). The van der Waals surface area contributed by atoms with Gasteiger partial charge in [0.15, 0.2) is 0 Å². The monoisotopic (exact) mass is 196 g/mol.